The van der Waals surface area contributed by atoms with Crippen molar-refractivity contribution in [1.82, 2.24) is 14.9 Å². The number of benzene rings is 3. The van der Waals surface area contributed by atoms with Crippen LogP contribution in [0.25, 0.3) is 11.0 Å². The first-order valence-corrected chi connectivity index (χ1v) is 11.1. The van der Waals surface area contributed by atoms with Crippen LogP contribution < -0.4 is 10.6 Å². The largest absolute Gasteiger partial charge is 0.352 e. The zero-order valence-corrected chi connectivity index (χ0v) is 19.2. The van der Waals surface area contributed by atoms with Crippen molar-refractivity contribution in [3.05, 3.63) is 94.2 Å². The Bertz CT molecular complexity index is 1260. The van der Waals surface area contributed by atoms with Gasteiger partial charge in [-0.25, -0.2) is 4.98 Å². The third-order valence-corrected chi connectivity index (χ3v) is 5.61. The lowest BCUT2D eigenvalue weighted by Gasteiger charge is -2.11. The minimum absolute atomic E-state index is 0.121. The van der Waals surface area contributed by atoms with E-state index in [-0.39, 0.29) is 18.4 Å². The van der Waals surface area contributed by atoms with Crippen LogP contribution in [0.3, 0.4) is 0 Å². The third-order valence-electron chi connectivity index (χ3n) is 5.08. The molecule has 0 atom stereocenters. The van der Waals surface area contributed by atoms with Crippen LogP contribution in [-0.4, -0.2) is 27.9 Å². The molecule has 0 aliphatic rings. The SMILES string of the molecule is Cc1cccc(C(=O)NCCc2nc3ccccc3n2CC(=O)Nc2ccc(Br)cc2)c1. The van der Waals surface area contributed by atoms with Crippen LogP contribution in [0.1, 0.15) is 21.7 Å². The molecular weight excluding hydrogens is 468 g/mol. The summed E-state index contributed by atoms with van der Waals surface area (Å²) in [6, 6.07) is 22.6. The van der Waals surface area contributed by atoms with Gasteiger partial charge in [-0.15, -0.1) is 0 Å². The van der Waals surface area contributed by atoms with E-state index in [1.807, 2.05) is 78.2 Å². The van der Waals surface area contributed by atoms with Crippen LogP contribution in [-0.2, 0) is 17.8 Å². The molecule has 0 spiro atoms. The number of halogens is 1. The molecule has 7 heteroatoms. The second kappa shape index (κ2) is 9.78. The molecule has 0 saturated heterocycles. The Morgan fingerprint density at radius 1 is 1.00 bits per heavy atom. The molecule has 0 unspecified atom stereocenters. The van der Waals surface area contributed by atoms with Crippen molar-refractivity contribution in [2.75, 3.05) is 11.9 Å². The second-order valence-electron chi connectivity index (χ2n) is 7.53. The molecule has 0 radical (unpaired) electrons. The number of aromatic nitrogens is 2. The van der Waals surface area contributed by atoms with E-state index >= 15 is 0 Å². The Morgan fingerprint density at radius 3 is 2.56 bits per heavy atom. The number of imidazole rings is 1. The van der Waals surface area contributed by atoms with Crippen LogP contribution in [0.4, 0.5) is 5.69 Å². The summed E-state index contributed by atoms with van der Waals surface area (Å²) in [5.74, 6) is 0.492. The van der Waals surface area contributed by atoms with Crippen LogP contribution in [0.2, 0.25) is 0 Å². The molecule has 4 aromatic rings. The van der Waals surface area contributed by atoms with E-state index < -0.39 is 0 Å². The zero-order valence-electron chi connectivity index (χ0n) is 17.6. The Kier molecular flexibility index (Phi) is 6.66. The Balaban J connectivity index is 1.46. The quantitative estimate of drug-likeness (QED) is 0.393. The van der Waals surface area contributed by atoms with Crippen molar-refractivity contribution in [3.8, 4) is 0 Å². The second-order valence-corrected chi connectivity index (χ2v) is 8.45. The van der Waals surface area contributed by atoms with E-state index in [1.165, 1.54) is 0 Å². The van der Waals surface area contributed by atoms with Gasteiger partial charge in [-0.2, -0.15) is 0 Å². The summed E-state index contributed by atoms with van der Waals surface area (Å²) in [4.78, 5) is 29.9. The fraction of sp³-hybridized carbons (Fsp3) is 0.160. The van der Waals surface area contributed by atoms with E-state index in [0.29, 0.717) is 18.5 Å². The van der Waals surface area contributed by atoms with Gasteiger partial charge in [0.25, 0.3) is 5.91 Å². The van der Waals surface area contributed by atoms with Gasteiger partial charge in [-0.3, -0.25) is 9.59 Å². The first-order chi connectivity index (χ1) is 15.5. The summed E-state index contributed by atoms with van der Waals surface area (Å²) in [7, 11) is 0. The predicted molar refractivity (Wildman–Crippen MR) is 130 cm³/mol. The topological polar surface area (TPSA) is 76.0 Å². The van der Waals surface area contributed by atoms with Crippen molar-refractivity contribution < 1.29 is 9.59 Å². The van der Waals surface area contributed by atoms with Crippen LogP contribution in [0.5, 0.6) is 0 Å². The summed E-state index contributed by atoms with van der Waals surface area (Å²) in [5, 5.41) is 5.87. The molecule has 162 valence electrons. The van der Waals surface area contributed by atoms with Gasteiger partial charge in [-0.05, 0) is 55.5 Å². The van der Waals surface area contributed by atoms with Crippen molar-refractivity contribution in [2.45, 2.75) is 19.9 Å². The van der Waals surface area contributed by atoms with E-state index in [0.717, 1.165) is 32.6 Å². The number of para-hydroxylation sites is 2. The maximum Gasteiger partial charge on any atom is 0.251 e. The monoisotopic (exact) mass is 490 g/mol. The fourth-order valence-electron chi connectivity index (χ4n) is 3.55. The van der Waals surface area contributed by atoms with Crippen molar-refractivity contribution in [3.63, 3.8) is 0 Å². The maximum absolute atomic E-state index is 12.7. The third kappa shape index (κ3) is 5.23. The number of fused-ring (bicyclic) bond motifs is 1. The van der Waals surface area contributed by atoms with Gasteiger partial charge < -0.3 is 15.2 Å². The standard InChI is InChI=1S/C25H23BrN4O2/c1-17-5-4-6-18(15-17)25(32)27-14-13-23-29-21-7-2-3-8-22(21)30(23)16-24(31)28-20-11-9-19(26)10-12-20/h2-12,15H,13-14,16H2,1H3,(H,27,32)(H,28,31). The highest BCUT2D eigenvalue weighted by atomic mass is 79.9. The van der Waals surface area contributed by atoms with Gasteiger partial charge in [0.1, 0.15) is 12.4 Å². The summed E-state index contributed by atoms with van der Waals surface area (Å²) in [5.41, 5.74) is 4.11. The molecule has 2 N–H and O–H groups in total. The number of nitrogens with one attached hydrogen (secondary N) is 2. The van der Waals surface area contributed by atoms with Crippen molar-refractivity contribution in [2.24, 2.45) is 0 Å². The number of aryl methyl sites for hydroxylation is 1. The first-order valence-electron chi connectivity index (χ1n) is 10.3. The minimum atomic E-state index is -0.138. The summed E-state index contributed by atoms with van der Waals surface area (Å²) >= 11 is 3.39. The molecule has 3 aromatic carbocycles. The Morgan fingerprint density at radius 2 is 1.78 bits per heavy atom. The van der Waals surface area contributed by atoms with Gasteiger partial charge >= 0.3 is 0 Å². The lowest BCUT2D eigenvalue weighted by molar-refractivity contribution is -0.116. The van der Waals surface area contributed by atoms with E-state index in [9.17, 15) is 9.59 Å². The average molecular weight is 491 g/mol. The van der Waals surface area contributed by atoms with Crippen LogP contribution in [0.15, 0.2) is 77.3 Å². The summed E-state index contributed by atoms with van der Waals surface area (Å²) in [6.07, 6.45) is 0.512. The van der Waals surface area contributed by atoms with Crippen LogP contribution in [0, 0.1) is 6.92 Å². The van der Waals surface area contributed by atoms with Gasteiger partial charge in [0, 0.05) is 28.7 Å². The number of carbonyl (C=O) groups excluding carboxylic acids is 2. The molecule has 32 heavy (non-hydrogen) atoms. The average Bonchev–Trinajstić information content (AvgIpc) is 3.12. The van der Waals surface area contributed by atoms with Gasteiger partial charge in [0.2, 0.25) is 5.91 Å². The van der Waals surface area contributed by atoms with E-state index in [4.69, 9.17) is 4.98 Å². The predicted octanol–water partition coefficient (Wildman–Crippen LogP) is 4.72. The highest BCUT2D eigenvalue weighted by molar-refractivity contribution is 9.10. The van der Waals surface area contributed by atoms with E-state index in [1.54, 1.807) is 6.07 Å². The highest BCUT2D eigenvalue weighted by Gasteiger charge is 2.14. The minimum Gasteiger partial charge on any atom is -0.352 e. The van der Waals surface area contributed by atoms with Gasteiger partial charge in [-0.1, -0.05) is 45.8 Å². The smallest absolute Gasteiger partial charge is 0.251 e. The number of hydrogen-bond donors (Lipinski definition) is 2. The van der Waals surface area contributed by atoms with Crippen LogP contribution >= 0.6 is 15.9 Å². The zero-order chi connectivity index (χ0) is 22.5. The molecule has 2 amide bonds. The summed E-state index contributed by atoms with van der Waals surface area (Å²) in [6.45, 7) is 2.51. The summed E-state index contributed by atoms with van der Waals surface area (Å²) < 4.78 is 2.86. The molecule has 4 rings (SSSR count). The molecular formula is C25H23BrN4O2. The Hall–Kier alpha value is -3.45. The number of nitrogens with zero attached hydrogens (tertiary/aromatic N) is 2. The Labute approximate surface area is 194 Å². The maximum atomic E-state index is 12.7. The number of anilines is 1. The molecule has 1 aromatic heterocycles. The van der Waals surface area contributed by atoms with Crippen molar-refractivity contribution in [1.29, 1.82) is 0 Å². The highest BCUT2D eigenvalue weighted by Crippen LogP contribution is 2.18. The number of rotatable bonds is 7. The molecule has 0 saturated carbocycles. The molecule has 0 fully saturated rings. The van der Waals surface area contributed by atoms with E-state index in [2.05, 4.69) is 26.6 Å². The molecule has 0 bridgehead atoms. The van der Waals surface area contributed by atoms with Gasteiger partial charge in [0.15, 0.2) is 0 Å². The first kappa shape index (κ1) is 21.8. The number of carbonyl (C=O) groups is 2. The molecule has 6 nitrogen and oxygen atoms in total. The molecule has 0 aliphatic heterocycles. The van der Waals surface area contributed by atoms with Gasteiger partial charge in [0.05, 0.1) is 11.0 Å². The molecule has 1 heterocycles. The lowest BCUT2D eigenvalue weighted by Crippen LogP contribution is -2.27. The lowest BCUT2D eigenvalue weighted by atomic mass is 10.1. The number of amides is 2. The molecule has 0 aliphatic carbocycles. The normalized spacial score (nSPS) is 10.8. The number of hydrogen-bond acceptors (Lipinski definition) is 3. The van der Waals surface area contributed by atoms with Crippen molar-refractivity contribution >= 4 is 44.5 Å². The fourth-order valence-corrected chi connectivity index (χ4v) is 3.81.